The number of esters is 1. The first-order valence-corrected chi connectivity index (χ1v) is 16.3. The first kappa shape index (κ1) is 31.8. The van der Waals surface area contributed by atoms with Crippen LogP contribution >= 0.6 is 11.3 Å². The van der Waals surface area contributed by atoms with E-state index < -0.39 is 12.0 Å². The second-order valence-corrected chi connectivity index (χ2v) is 13.2. The van der Waals surface area contributed by atoms with E-state index in [-0.39, 0.29) is 11.0 Å². The number of carbonyl (C=O) groups excluding carboxylic acids is 1. The molecule has 6 rings (SSSR count). The fourth-order valence-corrected chi connectivity index (χ4v) is 6.45. The summed E-state index contributed by atoms with van der Waals surface area (Å²) in [5.74, 6) is 1.34. The van der Waals surface area contributed by atoms with Crippen LogP contribution in [-0.4, -0.2) is 23.8 Å². The van der Waals surface area contributed by atoms with Gasteiger partial charge in [0.1, 0.15) is 30.5 Å². The van der Waals surface area contributed by atoms with E-state index in [1.165, 1.54) is 16.9 Å². The van der Waals surface area contributed by atoms with E-state index in [1.54, 1.807) is 35.8 Å². The predicted molar refractivity (Wildman–Crippen MR) is 185 cm³/mol. The van der Waals surface area contributed by atoms with Crippen molar-refractivity contribution in [2.75, 3.05) is 13.2 Å². The zero-order valence-corrected chi connectivity index (χ0v) is 27.6. The monoisotopic (exact) mass is 644 g/mol. The van der Waals surface area contributed by atoms with Crippen molar-refractivity contribution in [2.24, 2.45) is 4.99 Å². The minimum atomic E-state index is -0.690. The van der Waals surface area contributed by atoms with E-state index in [1.807, 2.05) is 78.9 Å². The van der Waals surface area contributed by atoms with Gasteiger partial charge >= 0.3 is 5.97 Å². The quantitative estimate of drug-likeness (QED) is 0.103. The van der Waals surface area contributed by atoms with Gasteiger partial charge in [-0.3, -0.25) is 9.36 Å². The van der Waals surface area contributed by atoms with Gasteiger partial charge in [0.2, 0.25) is 0 Å². The molecule has 0 fully saturated rings. The lowest BCUT2D eigenvalue weighted by molar-refractivity contribution is -0.130. The topological polar surface area (TPSA) is 79.1 Å². The maximum absolute atomic E-state index is 14.0. The van der Waals surface area contributed by atoms with Crippen LogP contribution in [0.3, 0.4) is 0 Å². The minimum Gasteiger partial charge on any atom is -0.490 e. The Kier molecular flexibility index (Phi) is 9.22. The van der Waals surface area contributed by atoms with Crippen LogP contribution in [0.2, 0.25) is 0 Å². The van der Waals surface area contributed by atoms with Crippen molar-refractivity contribution in [1.82, 2.24) is 4.57 Å². The number of thiazole rings is 1. The summed E-state index contributed by atoms with van der Waals surface area (Å²) in [7, 11) is 0. The molecular formula is C39H36N2O5S. The van der Waals surface area contributed by atoms with Crippen LogP contribution in [0.25, 0.3) is 6.08 Å². The van der Waals surface area contributed by atoms with E-state index in [9.17, 15) is 9.59 Å². The van der Waals surface area contributed by atoms with E-state index >= 15 is 0 Å². The number of hydrogen-bond acceptors (Lipinski definition) is 7. The summed E-state index contributed by atoms with van der Waals surface area (Å²) in [4.78, 5) is 32.8. The standard InChI is InChI=1S/C39H36N2O5S/c1-26-34(37(43)46-31-15-9-6-10-16-31)35(28-13-7-5-8-14-28)41-36(42)33(47-38(41)40-26)25-27-12-11-17-32(24-27)45-23-22-44-30-20-18-29(19-21-30)39(2,3)4/h5-21,24-25,35H,22-23H2,1-4H3/b33-25+. The van der Waals surface area contributed by atoms with Crippen LogP contribution in [0.5, 0.6) is 17.2 Å². The molecule has 238 valence electrons. The van der Waals surface area contributed by atoms with Crippen LogP contribution in [0.1, 0.15) is 50.4 Å². The molecule has 0 spiro atoms. The van der Waals surface area contributed by atoms with Gasteiger partial charge in [0.05, 0.1) is 21.8 Å². The van der Waals surface area contributed by atoms with Gasteiger partial charge in [-0.2, -0.15) is 0 Å². The molecule has 47 heavy (non-hydrogen) atoms. The van der Waals surface area contributed by atoms with Gasteiger partial charge in [0.15, 0.2) is 4.80 Å². The van der Waals surface area contributed by atoms with Gasteiger partial charge in [-0.25, -0.2) is 9.79 Å². The molecule has 0 saturated carbocycles. The number of benzene rings is 4. The molecule has 1 aliphatic heterocycles. The van der Waals surface area contributed by atoms with Crippen LogP contribution in [0, 0.1) is 0 Å². The number of ether oxygens (including phenoxy) is 3. The van der Waals surface area contributed by atoms with E-state index in [0.717, 1.165) is 16.9 Å². The smallest absolute Gasteiger partial charge is 0.343 e. The van der Waals surface area contributed by atoms with Crippen molar-refractivity contribution in [3.8, 4) is 17.2 Å². The summed E-state index contributed by atoms with van der Waals surface area (Å²) in [5.41, 5.74) is 3.53. The van der Waals surface area contributed by atoms with Crippen molar-refractivity contribution in [3.63, 3.8) is 0 Å². The van der Waals surface area contributed by atoms with Crippen LogP contribution in [-0.2, 0) is 10.2 Å². The Balaban J connectivity index is 1.23. The van der Waals surface area contributed by atoms with Gasteiger partial charge in [0, 0.05) is 0 Å². The zero-order valence-electron chi connectivity index (χ0n) is 26.8. The summed E-state index contributed by atoms with van der Waals surface area (Å²) < 4.78 is 19.7. The molecule has 8 heteroatoms. The van der Waals surface area contributed by atoms with Gasteiger partial charge in [-0.05, 0) is 71.5 Å². The molecule has 0 saturated heterocycles. The van der Waals surface area contributed by atoms with Crippen molar-refractivity contribution in [2.45, 2.75) is 39.2 Å². The summed E-state index contributed by atoms with van der Waals surface area (Å²) >= 11 is 1.29. The van der Waals surface area contributed by atoms with E-state index in [0.29, 0.717) is 45.3 Å². The van der Waals surface area contributed by atoms with E-state index in [2.05, 4.69) is 32.9 Å². The van der Waals surface area contributed by atoms with Gasteiger partial charge in [-0.1, -0.05) is 105 Å². The molecule has 0 amide bonds. The zero-order chi connectivity index (χ0) is 33.0. The predicted octanol–water partition coefficient (Wildman–Crippen LogP) is 6.60. The second kappa shape index (κ2) is 13.6. The van der Waals surface area contributed by atoms with Crippen LogP contribution in [0.4, 0.5) is 0 Å². The Morgan fingerprint density at radius 2 is 1.47 bits per heavy atom. The first-order chi connectivity index (χ1) is 22.7. The van der Waals surface area contributed by atoms with Crippen molar-refractivity contribution >= 4 is 23.4 Å². The Hall–Kier alpha value is -5.21. The fourth-order valence-electron chi connectivity index (χ4n) is 5.40. The third-order valence-electron chi connectivity index (χ3n) is 7.81. The van der Waals surface area contributed by atoms with Gasteiger partial charge in [-0.15, -0.1) is 0 Å². The number of aromatic nitrogens is 1. The van der Waals surface area contributed by atoms with Crippen LogP contribution in [0.15, 0.2) is 130 Å². The van der Waals surface area contributed by atoms with Gasteiger partial charge < -0.3 is 14.2 Å². The molecule has 4 aromatic carbocycles. The number of fused-ring (bicyclic) bond motifs is 1. The molecule has 0 radical (unpaired) electrons. The molecule has 1 aromatic heterocycles. The Labute approximate surface area is 277 Å². The second-order valence-electron chi connectivity index (χ2n) is 12.2. The maximum atomic E-state index is 14.0. The highest BCUT2D eigenvalue weighted by Gasteiger charge is 2.33. The molecule has 1 unspecified atom stereocenters. The Bertz CT molecular complexity index is 2090. The highest BCUT2D eigenvalue weighted by Crippen LogP contribution is 2.31. The summed E-state index contributed by atoms with van der Waals surface area (Å²) in [5, 5.41) is 0. The van der Waals surface area contributed by atoms with Crippen LogP contribution < -0.4 is 29.1 Å². The number of hydrogen-bond donors (Lipinski definition) is 0. The lowest BCUT2D eigenvalue weighted by atomic mass is 9.87. The SMILES string of the molecule is CC1=C(C(=O)Oc2ccccc2)C(c2ccccc2)n2c(s/c(=C/c3cccc(OCCOc4ccc(C(C)(C)C)cc4)c3)c2=O)=N1. The molecule has 2 heterocycles. The number of para-hydroxylation sites is 1. The van der Waals surface area contributed by atoms with Crippen molar-refractivity contribution < 1.29 is 19.0 Å². The lowest BCUT2D eigenvalue weighted by Crippen LogP contribution is -2.40. The molecule has 0 aliphatic carbocycles. The average Bonchev–Trinajstić information content (AvgIpc) is 3.36. The molecule has 7 nitrogen and oxygen atoms in total. The molecular weight excluding hydrogens is 609 g/mol. The molecule has 1 atom stereocenters. The number of carbonyl (C=O) groups is 1. The van der Waals surface area contributed by atoms with Crippen molar-refractivity contribution in [3.05, 3.63) is 157 Å². The van der Waals surface area contributed by atoms with Crippen molar-refractivity contribution in [1.29, 1.82) is 0 Å². The number of nitrogens with zero attached hydrogens (tertiary/aromatic N) is 2. The summed E-state index contributed by atoms with van der Waals surface area (Å²) in [6.45, 7) is 9.09. The maximum Gasteiger partial charge on any atom is 0.343 e. The molecule has 1 aliphatic rings. The largest absolute Gasteiger partial charge is 0.490 e. The third-order valence-corrected chi connectivity index (χ3v) is 8.79. The third kappa shape index (κ3) is 7.28. The molecule has 5 aromatic rings. The summed E-state index contributed by atoms with van der Waals surface area (Å²) in [6, 6.07) is 33.4. The highest BCUT2D eigenvalue weighted by atomic mass is 32.1. The number of allylic oxidation sites excluding steroid dienone is 1. The Morgan fingerprint density at radius 1 is 0.830 bits per heavy atom. The minimum absolute atomic E-state index is 0.0886. The first-order valence-electron chi connectivity index (χ1n) is 15.5. The Morgan fingerprint density at radius 3 is 2.15 bits per heavy atom. The normalized spacial score (nSPS) is 14.7. The summed E-state index contributed by atoms with van der Waals surface area (Å²) in [6.07, 6.45) is 1.83. The highest BCUT2D eigenvalue weighted by molar-refractivity contribution is 7.07. The fraction of sp³-hybridized carbons (Fsp3) is 0.205. The lowest BCUT2D eigenvalue weighted by Gasteiger charge is -2.24. The average molecular weight is 645 g/mol. The molecule has 0 N–H and O–H groups in total. The molecule has 0 bridgehead atoms. The van der Waals surface area contributed by atoms with Gasteiger partial charge in [0.25, 0.3) is 5.56 Å². The van der Waals surface area contributed by atoms with E-state index in [4.69, 9.17) is 19.2 Å². The number of rotatable bonds is 9.